The number of allylic oxidation sites excluding steroid dienone is 3. The molecule has 0 radical (unpaired) electrons. The minimum Gasteiger partial charge on any atom is -0.457 e. The van der Waals surface area contributed by atoms with Crippen LogP contribution in [0, 0.1) is 44.3 Å². The third kappa shape index (κ3) is 2.78. The molecule has 2 saturated heterocycles. The van der Waals surface area contributed by atoms with E-state index in [2.05, 4.69) is 53.7 Å². The van der Waals surface area contributed by atoms with Crippen LogP contribution in [0.15, 0.2) is 23.3 Å². The Morgan fingerprint density at radius 2 is 1.63 bits per heavy atom. The molecule has 5 nitrogen and oxygen atoms in total. The van der Waals surface area contributed by atoms with Crippen molar-refractivity contribution in [2.24, 2.45) is 44.3 Å². The summed E-state index contributed by atoms with van der Waals surface area (Å²) in [6, 6.07) is 0. The number of ether oxygens (including phenoxy) is 3. The molecule has 10 atom stereocenters. The quantitative estimate of drug-likeness (QED) is 0.374. The van der Waals surface area contributed by atoms with Gasteiger partial charge in [0.15, 0.2) is 5.79 Å². The fourth-order valence-corrected chi connectivity index (χ4v) is 11.3. The first kappa shape index (κ1) is 25.8. The maximum Gasteiger partial charge on any atom is 0.317 e. The summed E-state index contributed by atoms with van der Waals surface area (Å²) < 4.78 is 18.9. The Labute approximate surface area is 228 Å². The van der Waals surface area contributed by atoms with Gasteiger partial charge in [-0.25, -0.2) is 0 Å². The molecule has 1 unspecified atom stereocenters. The molecule has 0 aromatic carbocycles. The highest BCUT2D eigenvalue weighted by molar-refractivity contribution is 5.86. The van der Waals surface area contributed by atoms with Gasteiger partial charge in [0.1, 0.15) is 6.10 Å². The van der Waals surface area contributed by atoms with E-state index < -0.39 is 17.3 Å². The molecule has 2 bridgehead atoms. The highest BCUT2D eigenvalue weighted by Crippen LogP contribution is 2.75. The maximum absolute atomic E-state index is 13.4. The standard InChI is InChI=1S/C33H48O5/c1-27(2)13-15-33-16-14-31(7)19(23(33)25(27)37-26(33)35)9-10-22-29(5)17-20(34)24-30(6,18-36-28(3,4)38-24)21(29)11-12-32(22,31)8/h9-10,20-22,24-25,34H,11-18H2,1-8H3/t20-,21-,22?,24-,25-,29+,30+,31-,32-,33+/m1/s1. The second-order valence-corrected chi connectivity index (χ2v) is 16.4. The lowest BCUT2D eigenvalue weighted by molar-refractivity contribution is -0.366. The van der Waals surface area contributed by atoms with Crippen LogP contribution in [0.3, 0.4) is 0 Å². The van der Waals surface area contributed by atoms with Gasteiger partial charge in [0, 0.05) is 10.8 Å². The van der Waals surface area contributed by atoms with E-state index in [1.54, 1.807) is 0 Å². The third-order valence-electron chi connectivity index (χ3n) is 13.7. The molecule has 5 heteroatoms. The second-order valence-electron chi connectivity index (χ2n) is 16.4. The number of rotatable bonds is 0. The fourth-order valence-electron chi connectivity index (χ4n) is 11.3. The normalized spacial score (nSPS) is 55.7. The van der Waals surface area contributed by atoms with Crippen molar-refractivity contribution in [3.8, 4) is 0 Å². The number of carbonyl (C=O) groups is 1. The molecule has 210 valence electrons. The average molecular weight is 525 g/mol. The van der Waals surface area contributed by atoms with Crippen molar-refractivity contribution in [2.45, 2.75) is 124 Å². The Bertz CT molecular complexity index is 1170. The second kappa shape index (κ2) is 7.18. The number of esters is 1. The van der Waals surface area contributed by atoms with Crippen LogP contribution in [0.5, 0.6) is 0 Å². The van der Waals surface area contributed by atoms with Gasteiger partial charge < -0.3 is 19.3 Å². The van der Waals surface area contributed by atoms with Crippen molar-refractivity contribution in [1.82, 2.24) is 0 Å². The molecule has 0 aromatic heterocycles. The largest absolute Gasteiger partial charge is 0.457 e. The van der Waals surface area contributed by atoms with E-state index in [1.807, 2.05) is 13.8 Å². The first-order valence-corrected chi connectivity index (χ1v) is 15.2. The topological polar surface area (TPSA) is 65.0 Å². The predicted octanol–water partition coefficient (Wildman–Crippen LogP) is 6.35. The van der Waals surface area contributed by atoms with Crippen LogP contribution in [0.25, 0.3) is 0 Å². The van der Waals surface area contributed by atoms with E-state index in [0.717, 1.165) is 44.9 Å². The molecule has 2 heterocycles. The number of fused-ring (bicyclic) bond motifs is 7. The van der Waals surface area contributed by atoms with Gasteiger partial charge in [-0.15, -0.1) is 0 Å². The molecule has 5 aliphatic carbocycles. The van der Waals surface area contributed by atoms with Gasteiger partial charge in [0.05, 0.1) is 24.2 Å². The number of hydrogen-bond acceptors (Lipinski definition) is 5. The van der Waals surface area contributed by atoms with Gasteiger partial charge in [-0.3, -0.25) is 4.79 Å². The van der Waals surface area contributed by atoms with E-state index in [1.165, 1.54) is 11.1 Å². The van der Waals surface area contributed by atoms with Crippen LogP contribution in [0.1, 0.15) is 100 Å². The van der Waals surface area contributed by atoms with Gasteiger partial charge in [0.25, 0.3) is 0 Å². The fraction of sp³-hybridized carbons (Fsp3) is 0.848. The van der Waals surface area contributed by atoms with Crippen molar-refractivity contribution >= 4 is 5.97 Å². The predicted molar refractivity (Wildman–Crippen MR) is 145 cm³/mol. The van der Waals surface area contributed by atoms with Crippen LogP contribution in [0.2, 0.25) is 0 Å². The molecule has 7 aliphatic rings. The van der Waals surface area contributed by atoms with E-state index >= 15 is 0 Å². The van der Waals surface area contributed by atoms with E-state index in [4.69, 9.17) is 14.2 Å². The summed E-state index contributed by atoms with van der Waals surface area (Å²) >= 11 is 0. The molecule has 2 aliphatic heterocycles. The van der Waals surface area contributed by atoms with Gasteiger partial charge in [-0.2, -0.15) is 0 Å². The van der Waals surface area contributed by atoms with Crippen molar-refractivity contribution in [3.63, 3.8) is 0 Å². The third-order valence-corrected chi connectivity index (χ3v) is 13.7. The molecule has 1 N–H and O–H groups in total. The number of hydrogen-bond donors (Lipinski definition) is 1. The molecule has 0 spiro atoms. The van der Waals surface area contributed by atoms with Gasteiger partial charge in [-0.1, -0.05) is 53.7 Å². The van der Waals surface area contributed by atoms with Crippen molar-refractivity contribution < 1.29 is 24.1 Å². The SMILES string of the molecule is CC1(C)OC[C@]2(C)[C@H](O1)[C@H](O)C[C@]1(C)C3C=CC4=C5[C@H]6OC(=O)[C@@]5(CCC6(C)C)CC[C@@]4(C)[C@]3(C)CC[C@@H]21. The summed E-state index contributed by atoms with van der Waals surface area (Å²) in [7, 11) is 0. The Balaban J connectivity index is 1.36. The minimum atomic E-state index is -0.661. The lowest BCUT2D eigenvalue weighted by Crippen LogP contribution is -2.70. The van der Waals surface area contributed by atoms with Gasteiger partial charge in [0.2, 0.25) is 0 Å². The maximum atomic E-state index is 13.4. The Morgan fingerprint density at radius 3 is 2.37 bits per heavy atom. The van der Waals surface area contributed by atoms with E-state index in [-0.39, 0.29) is 45.3 Å². The Kier molecular flexibility index (Phi) is 4.87. The monoisotopic (exact) mass is 524 g/mol. The first-order valence-electron chi connectivity index (χ1n) is 15.2. The molecular weight excluding hydrogens is 476 g/mol. The molecule has 7 rings (SSSR count). The Hall–Kier alpha value is -1.17. The summed E-state index contributed by atoms with van der Waals surface area (Å²) in [6.45, 7) is 18.9. The first-order chi connectivity index (χ1) is 17.5. The van der Waals surface area contributed by atoms with Crippen LogP contribution >= 0.6 is 0 Å². The van der Waals surface area contributed by atoms with Crippen LogP contribution in [-0.2, 0) is 19.0 Å². The van der Waals surface area contributed by atoms with Crippen molar-refractivity contribution in [1.29, 1.82) is 0 Å². The summed E-state index contributed by atoms with van der Waals surface area (Å²) in [5.41, 5.74) is 2.02. The highest BCUT2D eigenvalue weighted by Gasteiger charge is 2.72. The Morgan fingerprint density at radius 1 is 0.921 bits per heavy atom. The molecular formula is C33H48O5. The minimum absolute atomic E-state index is 0.0247. The lowest BCUT2D eigenvalue weighted by Gasteiger charge is -2.71. The molecule has 0 amide bonds. The van der Waals surface area contributed by atoms with Gasteiger partial charge in [-0.05, 0) is 98.0 Å². The summed E-state index contributed by atoms with van der Waals surface area (Å²) in [5, 5.41) is 11.6. The van der Waals surface area contributed by atoms with E-state index in [9.17, 15) is 9.90 Å². The smallest absolute Gasteiger partial charge is 0.317 e. The van der Waals surface area contributed by atoms with Crippen molar-refractivity contribution in [2.75, 3.05) is 6.61 Å². The lowest BCUT2D eigenvalue weighted by atomic mass is 9.35. The summed E-state index contributed by atoms with van der Waals surface area (Å²) in [5.74, 6) is 0.116. The van der Waals surface area contributed by atoms with Crippen LogP contribution in [0.4, 0.5) is 0 Å². The summed E-state index contributed by atoms with van der Waals surface area (Å²) in [6.07, 6.45) is 11.0. The average Bonchev–Trinajstić information content (AvgIpc) is 3.08. The summed E-state index contributed by atoms with van der Waals surface area (Å²) in [4.78, 5) is 13.4. The van der Waals surface area contributed by atoms with E-state index in [0.29, 0.717) is 18.4 Å². The zero-order valence-electron chi connectivity index (χ0n) is 24.8. The molecule has 5 fully saturated rings. The van der Waals surface area contributed by atoms with Crippen molar-refractivity contribution in [3.05, 3.63) is 23.3 Å². The molecule has 38 heavy (non-hydrogen) atoms. The number of carbonyl (C=O) groups excluding carboxylic acids is 1. The zero-order valence-corrected chi connectivity index (χ0v) is 24.8. The zero-order chi connectivity index (χ0) is 27.3. The van der Waals surface area contributed by atoms with Crippen LogP contribution in [-0.4, -0.2) is 41.8 Å². The highest BCUT2D eigenvalue weighted by atomic mass is 16.7. The molecule has 0 aromatic rings. The molecule has 3 saturated carbocycles. The number of aliphatic hydroxyl groups is 1. The number of aliphatic hydroxyl groups excluding tert-OH is 1. The van der Waals surface area contributed by atoms with Crippen LogP contribution < -0.4 is 0 Å². The van der Waals surface area contributed by atoms with Gasteiger partial charge >= 0.3 is 5.97 Å².